The van der Waals surface area contributed by atoms with Crippen LogP contribution in [0.5, 0.6) is 0 Å². The molecule has 7 heteroatoms. The molecule has 0 saturated heterocycles. The summed E-state index contributed by atoms with van der Waals surface area (Å²) in [5.74, 6) is -0.827. The molecule has 0 radical (unpaired) electrons. The van der Waals surface area contributed by atoms with Gasteiger partial charge in [-0.2, -0.15) is 0 Å². The number of hydrogen-bond acceptors (Lipinski definition) is 6. The van der Waals surface area contributed by atoms with E-state index in [1.54, 1.807) is 0 Å². The topological polar surface area (TPSA) is 78.9 Å². The van der Waals surface area contributed by atoms with E-state index in [1.165, 1.54) is 7.11 Å². The number of hydrogen-bond donors (Lipinski definition) is 0. The van der Waals surface area contributed by atoms with Gasteiger partial charge in [0, 0.05) is 24.4 Å². The lowest BCUT2D eigenvalue weighted by Gasteiger charge is -2.03. The lowest BCUT2D eigenvalue weighted by atomic mass is 10.2. The van der Waals surface area contributed by atoms with E-state index in [1.807, 2.05) is 0 Å². The van der Waals surface area contributed by atoms with Gasteiger partial charge in [-0.1, -0.05) is 0 Å². The monoisotopic (exact) mass is 252 g/mol. The molecule has 92 valence electrons. The van der Waals surface area contributed by atoms with Gasteiger partial charge in [0.25, 0.3) is 0 Å². The van der Waals surface area contributed by atoms with E-state index in [0.717, 1.165) is 0 Å². The van der Waals surface area contributed by atoms with Crippen molar-refractivity contribution in [3.8, 4) is 0 Å². The molecular formula is C9H13ClO6. The van der Waals surface area contributed by atoms with Crippen molar-refractivity contribution in [2.45, 2.75) is 25.7 Å². The summed E-state index contributed by atoms with van der Waals surface area (Å²) in [7, 11) is 1.30. The van der Waals surface area contributed by atoms with Crippen LogP contribution in [0.25, 0.3) is 0 Å². The molecule has 0 rings (SSSR count). The molecule has 0 heterocycles. The highest BCUT2D eigenvalue weighted by atomic mass is 35.5. The van der Waals surface area contributed by atoms with Gasteiger partial charge in [0.1, 0.15) is 0 Å². The van der Waals surface area contributed by atoms with Crippen LogP contribution in [0, 0.1) is 0 Å². The van der Waals surface area contributed by atoms with Crippen LogP contribution in [-0.4, -0.2) is 31.3 Å². The van der Waals surface area contributed by atoms with Gasteiger partial charge in [-0.3, -0.25) is 9.59 Å². The highest BCUT2D eigenvalue weighted by Crippen LogP contribution is 2.02. The van der Waals surface area contributed by atoms with Crippen molar-refractivity contribution in [3.05, 3.63) is 0 Å². The molecule has 0 aromatic carbocycles. The first-order chi connectivity index (χ1) is 7.56. The Kier molecular flexibility index (Phi) is 8.24. The Balaban J connectivity index is 3.37. The van der Waals surface area contributed by atoms with Crippen molar-refractivity contribution in [2.24, 2.45) is 0 Å². The Morgan fingerprint density at radius 3 is 2.06 bits per heavy atom. The zero-order valence-corrected chi connectivity index (χ0v) is 9.62. The number of rotatable bonds is 7. The third kappa shape index (κ3) is 9.26. The normalized spacial score (nSPS) is 9.38. The van der Waals surface area contributed by atoms with Crippen LogP contribution < -0.4 is 0 Å². The first kappa shape index (κ1) is 14.7. The van der Waals surface area contributed by atoms with Gasteiger partial charge >= 0.3 is 17.4 Å². The molecule has 0 spiro atoms. The van der Waals surface area contributed by atoms with Gasteiger partial charge in [-0.05, 0) is 12.8 Å². The largest absolute Gasteiger partial charge is 0.469 e. The Labute approximate surface area is 97.8 Å². The standard InChI is InChI=1S/C9H13ClO6/c1-14-7(11)4-2-3-5-8(12)15-6-16-9(10)13/h2-6H2,1H3. The second-order valence-corrected chi connectivity index (χ2v) is 3.11. The molecular weight excluding hydrogens is 240 g/mol. The van der Waals surface area contributed by atoms with Crippen molar-refractivity contribution in [2.75, 3.05) is 13.9 Å². The number of unbranched alkanes of at least 4 members (excludes halogenated alkanes) is 1. The minimum atomic E-state index is -1.03. The van der Waals surface area contributed by atoms with E-state index in [2.05, 4.69) is 14.2 Å². The van der Waals surface area contributed by atoms with Crippen molar-refractivity contribution >= 4 is 29.0 Å². The molecule has 16 heavy (non-hydrogen) atoms. The van der Waals surface area contributed by atoms with Gasteiger partial charge in [0.15, 0.2) is 0 Å². The summed E-state index contributed by atoms with van der Waals surface area (Å²) in [6, 6.07) is 0. The van der Waals surface area contributed by atoms with E-state index in [9.17, 15) is 14.4 Å². The fourth-order valence-corrected chi connectivity index (χ4v) is 0.899. The van der Waals surface area contributed by atoms with Gasteiger partial charge in [-0.15, -0.1) is 0 Å². The first-order valence-electron chi connectivity index (χ1n) is 4.61. The highest BCUT2D eigenvalue weighted by Gasteiger charge is 2.05. The quantitative estimate of drug-likeness (QED) is 0.296. The van der Waals surface area contributed by atoms with E-state index in [4.69, 9.17) is 11.6 Å². The average Bonchev–Trinajstić information content (AvgIpc) is 2.23. The number of ether oxygens (including phenoxy) is 3. The predicted molar refractivity (Wildman–Crippen MR) is 53.8 cm³/mol. The first-order valence-corrected chi connectivity index (χ1v) is 4.98. The van der Waals surface area contributed by atoms with Crippen molar-refractivity contribution < 1.29 is 28.6 Å². The van der Waals surface area contributed by atoms with Gasteiger partial charge in [-0.25, -0.2) is 4.79 Å². The van der Waals surface area contributed by atoms with Gasteiger partial charge < -0.3 is 14.2 Å². The van der Waals surface area contributed by atoms with Crippen LogP contribution in [0.15, 0.2) is 0 Å². The molecule has 0 aromatic rings. The lowest BCUT2D eigenvalue weighted by molar-refractivity contribution is -0.151. The summed E-state index contributed by atoms with van der Waals surface area (Å²) < 4.78 is 13.1. The summed E-state index contributed by atoms with van der Waals surface area (Å²) in [6.07, 6.45) is 1.46. The van der Waals surface area contributed by atoms with Crippen LogP contribution in [0.2, 0.25) is 0 Å². The molecule has 0 atom stereocenters. The van der Waals surface area contributed by atoms with Crippen LogP contribution in [0.4, 0.5) is 4.79 Å². The Morgan fingerprint density at radius 1 is 1.00 bits per heavy atom. The molecule has 0 aliphatic carbocycles. The second-order valence-electron chi connectivity index (χ2n) is 2.80. The van der Waals surface area contributed by atoms with Crippen LogP contribution in [-0.2, 0) is 23.8 Å². The highest BCUT2D eigenvalue weighted by molar-refractivity contribution is 6.61. The summed E-state index contributed by atoms with van der Waals surface area (Å²) >= 11 is 4.84. The maximum Gasteiger partial charge on any atom is 0.406 e. The van der Waals surface area contributed by atoms with E-state index in [-0.39, 0.29) is 18.8 Å². The smallest absolute Gasteiger partial charge is 0.406 e. The Morgan fingerprint density at radius 2 is 1.56 bits per heavy atom. The number of halogens is 1. The minimum Gasteiger partial charge on any atom is -0.469 e. The van der Waals surface area contributed by atoms with Crippen LogP contribution in [0.3, 0.4) is 0 Å². The molecule has 6 nitrogen and oxygen atoms in total. The lowest BCUT2D eigenvalue weighted by Crippen LogP contribution is -2.09. The van der Waals surface area contributed by atoms with Gasteiger partial charge in [0.05, 0.1) is 7.11 Å². The minimum absolute atomic E-state index is 0.150. The zero-order chi connectivity index (χ0) is 12.4. The number of carbonyl (C=O) groups is 3. The predicted octanol–water partition coefficient (Wildman–Crippen LogP) is 1.60. The fraction of sp³-hybridized carbons (Fsp3) is 0.667. The molecule has 0 saturated carbocycles. The summed E-state index contributed by atoms with van der Waals surface area (Å²) in [6.45, 7) is -0.488. The maximum absolute atomic E-state index is 11.0. The number of esters is 2. The SMILES string of the molecule is COC(=O)CCCCC(=O)OCOC(=O)Cl. The molecule has 0 amide bonds. The van der Waals surface area contributed by atoms with Crippen LogP contribution in [0.1, 0.15) is 25.7 Å². The Hall–Kier alpha value is -1.30. The summed E-state index contributed by atoms with van der Waals surface area (Å²) in [5.41, 5.74) is -1.03. The number of methoxy groups -OCH3 is 1. The number of carbonyl (C=O) groups excluding carboxylic acids is 3. The molecule has 0 aromatic heterocycles. The van der Waals surface area contributed by atoms with E-state index >= 15 is 0 Å². The summed E-state index contributed by atoms with van der Waals surface area (Å²) in [4.78, 5) is 31.8. The average molecular weight is 253 g/mol. The molecule has 0 unspecified atom stereocenters. The molecule has 0 fully saturated rings. The molecule has 0 aliphatic heterocycles. The van der Waals surface area contributed by atoms with Crippen molar-refractivity contribution in [1.29, 1.82) is 0 Å². The van der Waals surface area contributed by atoms with Crippen molar-refractivity contribution in [3.63, 3.8) is 0 Å². The summed E-state index contributed by atoms with van der Waals surface area (Å²) in [5, 5.41) is 0. The zero-order valence-electron chi connectivity index (χ0n) is 8.86. The maximum atomic E-state index is 11.0. The fourth-order valence-electron chi connectivity index (χ4n) is 0.854. The van der Waals surface area contributed by atoms with Crippen LogP contribution >= 0.6 is 11.6 Å². The molecule has 0 N–H and O–H groups in total. The van der Waals surface area contributed by atoms with Gasteiger partial charge in [0.2, 0.25) is 6.79 Å². The third-order valence-electron chi connectivity index (χ3n) is 1.63. The molecule has 0 aliphatic rings. The van der Waals surface area contributed by atoms with E-state index in [0.29, 0.717) is 12.8 Å². The Bertz CT molecular complexity index is 252. The second kappa shape index (κ2) is 8.96. The van der Waals surface area contributed by atoms with Crippen molar-refractivity contribution in [1.82, 2.24) is 0 Å². The third-order valence-corrected chi connectivity index (χ3v) is 1.74. The van der Waals surface area contributed by atoms with E-state index < -0.39 is 18.2 Å². The molecule has 0 bridgehead atoms.